The van der Waals surface area contributed by atoms with Crippen molar-refractivity contribution in [1.82, 2.24) is 20.1 Å². The molecular formula is C29H33FN4O2. The van der Waals surface area contributed by atoms with Crippen molar-refractivity contribution in [2.75, 3.05) is 7.11 Å². The van der Waals surface area contributed by atoms with Crippen molar-refractivity contribution in [3.8, 4) is 17.1 Å². The monoisotopic (exact) mass is 488 g/mol. The number of pyridine rings is 1. The molecule has 0 bridgehead atoms. The van der Waals surface area contributed by atoms with Crippen LogP contribution in [0, 0.1) is 25.7 Å². The first-order chi connectivity index (χ1) is 17.4. The zero-order chi connectivity index (χ0) is 25.3. The Hall–Kier alpha value is -3.35. The summed E-state index contributed by atoms with van der Waals surface area (Å²) in [4.78, 5) is 13.6. The van der Waals surface area contributed by atoms with Crippen molar-refractivity contribution in [1.29, 1.82) is 0 Å². The first kappa shape index (κ1) is 24.3. The first-order valence-corrected chi connectivity index (χ1v) is 12.7. The minimum absolute atomic E-state index is 0.339. The van der Waals surface area contributed by atoms with E-state index in [0.29, 0.717) is 30.7 Å². The lowest BCUT2D eigenvalue weighted by atomic mass is 9.76. The fraction of sp³-hybridized carbons (Fsp3) is 0.448. The van der Waals surface area contributed by atoms with Gasteiger partial charge in [-0.3, -0.25) is 4.98 Å². The van der Waals surface area contributed by atoms with Crippen molar-refractivity contribution in [3.63, 3.8) is 0 Å². The second-order valence-corrected chi connectivity index (χ2v) is 10.2. The maximum atomic E-state index is 14.7. The van der Waals surface area contributed by atoms with Gasteiger partial charge in [-0.1, -0.05) is 23.9 Å². The van der Waals surface area contributed by atoms with Gasteiger partial charge in [0, 0.05) is 40.9 Å². The molecule has 0 aromatic carbocycles. The van der Waals surface area contributed by atoms with Crippen LogP contribution in [0.2, 0.25) is 0 Å². The van der Waals surface area contributed by atoms with E-state index in [0.717, 1.165) is 71.5 Å². The highest BCUT2D eigenvalue weighted by Crippen LogP contribution is 2.41. The maximum Gasteiger partial charge on any atom is 0.316 e. The SMILES string of the molecule is C=CC1(F)CCC(CC2C=C(c3cnc(OC)nc3)c3ncc(-c4c(C)noc4C)cc3CC2)CC1. The number of allylic oxidation sites excluding steroid dienone is 2. The molecule has 1 unspecified atom stereocenters. The molecule has 0 aliphatic heterocycles. The van der Waals surface area contributed by atoms with Crippen molar-refractivity contribution in [2.24, 2.45) is 11.8 Å². The van der Waals surface area contributed by atoms with Crippen molar-refractivity contribution < 1.29 is 13.7 Å². The summed E-state index contributed by atoms with van der Waals surface area (Å²) in [6.07, 6.45) is 15.2. The van der Waals surface area contributed by atoms with Gasteiger partial charge >= 0.3 is 6.01 Å². The van der Waals surface area contributed by atoms with E-state index in [-0.39, 0.29) is 0 Å². The lowest BCUT2D eigenvalue weighted by molar-refractivity contribution is 0.125. The molecule has 3 aromatic heterocycles. The zero-order valence-electron chi connectivity index (χ0n) is 21.3. The van der Waals surface area contributed by atoms with Crippen LogP contribution in [0.4, 0.5) is 4.39 Å². The number of hydrogen-bond acceptors (Lipinski definition) is 6. The summed E-state index contributed by atoms with van der Waals surface area (Å²) in [5, 5.41) is 4.12. The molecular weight excluding hydrogens is 455 g/mol. The average Bonchev–Trinajstić information content (AvgIpc) is 3.13. The summed E-state index contributed by atoms with van der Waals surface area (Å²) in [6.45, 7) is 7.59. The third-order valence-corrected chi connectivity index (χ3v) is 7.79. The summed E-state index contributed by atoms with van der Waals surface area (Å²) in [5.74, 6) is 1.66. The smallest absolute Gasteiger partial charge is 0.316 e. The third-order valence-electron chi connectivity index (χ3n) is 7.79. The molecule has 5 rings (SSSR count). The Balaban J connectivity index is 1.48. The lowest BCUT2D eigenvalue weighted by Gasteiger charge is -2.33. The van der Waals surface area contributed by atoms with Gasteiger partial charge < -0.3 is 9.26 Å². The quantitative estimate of drug-likeness (QED) is 0.363. The Labute approximate surface area is 211 Å². The van der Waals surface area contributed by atoms with Crippen LogP contribution in [0.1, 0.15) is 66.8 Å². The largest absolute Gasteiger partial charge is 0.467 e. The normalized spacial score (nSPS) is 23.9. The summed E-state index contributed by atoms with van der Waals surface area (Å²) >= 11 is 0. The van der Waals surface area contributed by atoms with Crippen LogP contribution < -0.4 is 4.74 Å². The zero-order valence-corrected chi connectivity index (χ0v) is 21.3. The number of rotatable bonds is 6. The van der Waals surface area contributed by atoms with Crippen LogP contribution in [-0.4, -0.2) is 32.9 Å². The van der Waals surface area contributed by atoms with Gasteiger partial charge in [-0.05, 0) is 82.3 Å². The van der Waals surface area contributed by atoms with Crippen molar-refractivity contribution in [3.05, 3.63) is 71.7 Å². The lowest BCUT2D eigenvalue weighted by Crippen LogP contribution is -2.27. The van der Waals surface area contributed by atoms with Gasteiger partial charge in [0.2, 0.25) is 0 Å². The number of fused-ring (bicyclic) bond motifs is 1. The second kappa shape index (κ2) is 9.96. The van der Waals surface area contributed by atoms with Gasteiger partial charge in [0.25, 0.3) is 0 Å². The summed E-state index contributed by atoms with van der Waals surface area (Å²) in [5.41, 5.74) is 5.79. The third kappa shape index (κ3) is 4.84. The van der Waals surface area contributed by atoms with Crippen LogP contribution in [-0.2, 0) is 6.42 Å². The van der Waals surface area contributed by atoms with E-state index < -0.39 is 5.67 Å². The van der Waals surface area contributed by atoms with E-state index in [2.05, 4.69) is 33.8 Å². The van der Waals surface area contributed by atoms with E-state index in [4.69, 9.17) is 14.2 Å². The number of ether oxygens (including phenoxy) is 1. The molecule has 1 fully saturated rings. The summed E-state index contributed by atoms with van der Waals surface area (Å²) in [6, 6.07) is 2.56. The molecule has 6 nitrogen and oxygen atoms in total. The molecule has 1 atom stereocenters. The fourth-order valence-corrected chi connectivity index (χ4v) is 5.72. The van der Waals surface area contributed by atoms with Crippen LogP contribution in [0.25, 0.3) is 16.7 Å². The average molecular weight is 489 g/mol. The number of aromatic nitrogens is 4. The van der Waals surface area contributed by atoms with E-state index in [9.17, 15) is 4.39 Å². The molecule has 3 heterocycles. The molecule has 36 heavy (non-hydrogen) atoms. The van der Waals surface area contributed by atoms with E-state index >= 15 is 0 Å². The predicted octanol–water partition coefficient (Wildman–Crippen LogP) is 6.62. The molecule has 0 spiro atoms. The molecule has 188 valence electrons. The number of aryl methyl sites for hydroxylation is 3. The predicted molar refractivity (Wildman–Crippen MR) is 137 cm³/mol. The number of halogens is 1. The van der Waals surface area contributed by atoms with Crippen LogP contribution in [0.3, 0.4) is 0 Å². The molecule has 2 aliphatic carbocycles. The molecule has 0 saturated heterocycles. The highest BCUT2D eigenvalue weighted by atomic mass is 19.1. The molecule has 0 radical (unpaired) electrons. The van der Waals surface area contributed by atoms with Crippen LogP contribution in [0.15, 0.2) is 47.9 Å². The van der Waals surface area contributed by atoms with Gasteiger partial charge in [0.05, 0.1) is 18.5 Å². The minimum atomic E-state index is -1.20. The Kier molecular flexibility index (Phi) is 6.73. The number of nitrogens with zero attached hydrogens (tertiary/aromatic N) is 4. The summed E-state index contributed by atoms with van der Waals surface area (Å²) < 4.78 is 25.3. The maximum absolute atomic E-state index is 14.7. The molecule has 7 heteroatoms. The Morgan fingerprint density at radius 2 is 1.83 bits per heavy atom. The number of methoxy groups -OCH3 is 1. The second-order valence-electron chi connectivity index (χ2n) is 10.2. The van der Waals surface area contributed by atoms with Gasteiger partial charge in [-0.25, -0.2) is 14.4 Å². The standard InChI is InChI=1S/C29H33FN4O2/c1-5-29(30)10-8-20(9-11-29)12-21-6-7-22-14-23(26-18(2)34-36-19(26)3)15-31-27(22)25(13-21)24-16-32-28(35-4)33-17-24/h5,13-17,20-21H,1,6-12H2,2-4H3. The Morgan fingerprint density at radius 3 is 2.47 bits per heavy atom. The van der Waals surface area contributed by atoms with Gasteiger partial charge in [-0.2, -0.15) is 0 Å². The number of hydrogen-bond donors (Lipinski definition) is 0. The molecule has 3 aromatic rings. The Morgan fingerprint density at radius 1 is 1.11 bits per heavy atom. The highest BCUT2D eigenvalue weighted by Gasteiger charge is 2.33. The van der Waals surface area contributed by atoms with Gasteiger partial charge in [0.15, 0.2) is 0 Å². The topological polar surface area (TPSA) is 73.9 Å². The van der Waals surface area contributed by atoms with Crippen molar-refractivity contribution >= 4 is 5.57 Å². The van der Waals surface area contributed by atoms with Gasteiger partial charge in [0.1, 0.15) is 11.4 Å². The van der Waals surface area contributed by atoms with Crippen molar-refractivity contribution in [2.45, 2.75) is 64.5 Å². The molecule has 2 aliphatic rings. The first-order valence-electron chi connectivity index (χ1n) is 12.7. The minimum Gasteiger partial charge on any atom is -0.467 e. The highest BCUT2D eigenvalue weighted by molar-refractivity contribution is 5.81. The summed E-state index contributed by atoms with van der Waals surface area (Å²) in [7, 11) is 1.56. The Bertz CT molecular complexity index is 1250. The van der Waals surface area contributed by atoms with Crippen LogP contribution >= 0.6 is 0 Å². The van der Waals surface area contributed by atoms with Crippen LogP contribution in [0.5, 0.6) is 6.01 Å². The van der Waals surface area contributed by atoms with E-state index in [1.807, 2.05) is 20.0 Å². The molecule has 0 N–H and O–H groups in total. The van der Waals surface area contributed by atoms with Gasteiger partial charge in [-0.15, -0.1) is 0 Å². The van der Waals surface area contributed by atoms with E-state index in [1.54, 1.807) is 19.5 Å². The van der Waals surface area contributed by atoms with E-state index in [1.165, 1.54) is 11.6 Å². The number of alkyl halides is 1. The molecule has 1 saturated carbocycles. The fourth-order valence-electron chi connectivity index (χ4n) is 5.72. The molecule has 0 amide bonds.